The number of hydrogen-bond acceptors (Lipinski definition) is 0. The van der Waals surface area contributed by atoms with Crippen molar-refractivity contribution in [1.82, 2.24) is 0 Å². The second-order valence-corrected chi connectivity index (χ2v) is 8.32. The summed E-state index contributed by atoms with van der Waals surface area (Å²) in [5, 5.41) is 4.45. The van der Waals surface area contributed by atoms with Crippen molar-refractivity contribution in [1.29, 1.82) is 0 Å². The first kappa shape index (κ1) is 12.0. The Hall–Kier alpha value is -1.08. The molecule has 1 heteroatoms. The highest BCUT2D eigenvalue weighted by molar-refractivity contribution is 6.74. The zero-order valence-electron chi connectivity index (χ0n) is 11.3. The van der Waals surface area contributed by atoms with E-state index in [2.05, 4.69) is 56.3 Å². The normalized spacial score (nSPS) is 24.8. The number of rotatable bonds is 2. The molecule has 1 aliphatic heterocycles. The lowest BCUT2D eigenvalue weighted by atomic mass is 9.96. The van der Waals surface area contributed by atoms with Gasteiger partial charge in [-0.2, -0.15) is 0 Å². The summed E-state index contributed by atoms with van der Waals surface area (Å²) >= 11 is 0. The highest BCUT2D eigenvalue weighted by atomic mass is 28.3. The Morgan fingerprint density at radius 1 is 1.06 bits per heavy atom. The van der Waals surface area contributed by atoms with Crippen LogP contribution in [0.1, 0.15) is 20.3 Å². The molecular formula is C17H21Si. The molecule has 0 nitrogen and oxygen atoms in total. The van der Waals surface area contributed by atoms with Gasteiger partial charge in [0.15, 0.2) is 0 Å². The zero-order valence-corrected chi connectivity index (χ0v) is 12.3. The Kier molecular flexibility index (Phi) is 3.25. The third-order valence-electron chi connectivity index (χ3n) is 4.56. The lowest BCUT2D eigenvalue weighted by Gasteiger charge is -2.11. The Balaban J connectivity index is 1.91. The molecule has 1 saturated heterocycles. The van der Waals surface area contributed by atoms with Gasteiger partial charge in [-0.15, -0.1) is 0 Å². The van der Waals surface area contributed by atoms with Crippen LogP contribution in [-0.2, 0) is 0 Å². The molecule has 1 heterocycles. The summed E-state index contributed by atoms with van der Waals surface area (Å²) in [6.45, 7) is 4.80. The first-order valence-electron chi connectivity index (χ1n) is 7.12. The molecule has 3 rings (SSSR count). The van der Waals surface area contributed by atoms with Gasteiger partial charge < -0.3 is 0 Å². The fraction of sp³-hybridized carbons (Fsp3) is 0.412. The maximum absolute atomic E-state index is 2.45. The minimum atomic E-state index is -0.289. The molecular weight excluding hydrogens is 232 g/mol. The van der Waals surface area contributed by atoms with Gasteiger partial charge in [-0.25, -0.2) is 0 Å². The number of hydrogen-bond donors (Lipinski definition) is 0. The summed E-state index contributed by atoms with van der Waals surface area (Å²) in [5.74, 6) is 1.92. The molecule has 2 unspecified atom stereocenters. The summed E-state index contributed by atoms with van der Waals surface area (Å²) in [4.78, 5) is 0. The Labute approximate surface area is 112 Å². The first-order valence-corrected chi connectivity index (χ1v) is 9.03. The van der Waals surface area contributed by atoms with E-state index in [1.807, 2.05) is 0 Å². The molecule has 18 heavy (non-hydrogen) atoms. The molecule has 1 radical (unpaired) electrons. The van der Waals surface area contributed by atoms with E-state index in [0.717, 1.165) is 11.8 Å². The second-order valence-electron chi connectivity index (χ2n) is 5.72. The van der Waals surface area contributed by atoms with E-state index in [1.54, 1.807) is 5.19 Å². The molecule has 0 N–H and O–H groups in total. The van der Waals surface area contributed by atoms with Crippen molar-refractivity contribution in [2.45, 2.75) is 32.4 Å². The van der Waals surface area contributed by atoms with Gasteiger partial charge in [0.1, 0.15) is 0 Å². The summed E-state index contributed by atoms with van der Waals surface area (Å²) < 4.78 is 0. The van der Waals surface area contributed by atoms with Gasteiger partial charge in [-0.3, -0.25) is 0 Å². The van der Waals surface area contributed by atoms with Gasteiger partial charge >= 0.3 is 0 Å². The van der Waals surface area contributed by atoms with Crippen LogP contribution in [0.5, 0.6) is 0 Å². The van der Waals surface area contributed by atoms with E-state index in [1.165, 1.54) is 29.3 Å². The zero-order chi connectivity index (χ0) is 12.5. The molecule has 0 aliphatic carbocycles. The van der Waals surface area contributed by atoms with Crippen molar-refractivity contribution in [3.05, 3.63) is 42.5 Å². The van der Waals surface area contributed by atoms with Gasteiger partial charge in [0.2, 0.25) is 0 Å². The minimum Gasteiger partial charge on any atom is -0.0651 e. The molecule has 0 spiro atoms. The largest absolute Gasteiger partial charge is 0.0862 e. The summed E-state index contributed by atoms with van der Waals surface area (Å²) in [5.41, 5.74) is 0. The molecule has 93 valence electrons. The van der Waals surface area contributed by atoms with Crippen molar-refractivity contribution in [2.75, 3.05) is 0 Å². The van der Waals surface area contributed by atoms with Crippen LogP contribution >= 0.6 is 0 Å². The van der Waals surface area contributed by atoms with Crippen LogP contribution in [0.25, 0.3) is 10.8 Å². The third-order valence-corrected chi connectivity index (χ3v) is 7.85. The molecule has 0 bridgehead atoms. The van der Waals surface area contributed by atoms with Crippen LogP contribution in [0, 0.1) is 11.8 Å². The fourth-order valence-corrected chi connectivity index (χ4v) is 7.10. The Morgan fingerprint density at radius 3 is 2.56 bits per heavy atom. The van der Waals surface area contributed by atoms with E-state index in [9.17, 15) is 0 Å². The van der Waals surface area contributed by atoms with Crippen molar-refractivity contribution in [3.8, 4) is 0 Å². The maximum atomic E-state index is 2.45. The van der Waals surface area contributed by atoms with Gasteiger partial charge in [0.25, 0.3) is 0 Å². The highest BCUT2D eigenvalue weighted by Gasteiger charge is 2.32. The van der Waals surface area contributed by atoms with E-state index < -0.39 is 0 Å². The molecule has 1 aliphatic rings. The van der Waals surface area contributed by atoms with Crippen LogP contribution in [0.4, 0.5) is 0 Å². The third kappa shape index (κ3) is 2.12. The summed E-state index contributed by atoms with van der Waals surface area (Å²) in [7, 11) is -0.289. The predicted molar refractivity (Wildman–Crippen MR) is 81.9 cm³/mol. The average molecular weight is 253 g/mol. The first-order chi connectivity index (χ1) is 8.78. The van der Waals surface area contributed by atoms with Crippen LogP contribution in [0.2, 0.25) is 12.1 Å². The number of fused-ring (bicyclic) bond motifs is 1. The van der Waals surface area contributed by atoms with Crippen LogP contribution in [-0.4, -0.2) is 8.80 Å². The standard InChI is InChI=1S/C17H21Si/c1-3-14-12-18(11-13(14)2)17-9-8-15-6-4-5-7-16(15)10-17/h4-10,13-14H,3,11-12H2,1-2H3. The highest BCUT2D eigenvalue weighted by Crippen LogP contribution is 2.34. The quantitative estimate of drug-likeness (QED) is 0.703. The number of benzene rings is 2. The Morgan fingerprint density at radius 2 is 1.83 bits per heavy atom. The summed E-state index contributed by atoms with van der Waals surface area (Å²) in [6, 6.07) is 18.8. The van der Waals surface area contributed by atoms with E-state index in [0.29, 0.717) is 0 Å². The topological polar surface area (TPSA) is 0 Å². The maximum Gasteiger partial charge on any atom is 0.0862 e. The van der Waals surface area contributed by atoms with Crippen molar-refractivity contribution in [2.24, 2.45) is 11.8 Å². The lowest BCUT2D eigenvalue weighted by Crippen LogP contribution is -2.26. The molecule has 2 aromatic rings. The monoisotopic (exact) mass is 253 g/mol. The van der Waals surface area contributed by atoms with E-state index in [4.69, 9.17) is 0 Å². The molecule has 2 atom stereocenters. The van der Waals surface area contributed by atoms with E-state index in [-0.39, 0.29) is 8.80 Å². The molecule has 2 aromatic carbocycles. The minimum absolute atomic E-state index is 0.289. The van der Waals surface area contributed by atoms with Crippen LogP contribution in [0.15, 0.2) is 42.5 Å². The van der Waals surface area contributed by atoms with Gasteiger partial charge in [0.05, 0.1) is 8.80 Å². The SMILES string of the molecule is CCC1C[Si](c2ccc3ccccc3c2)CC1C. The average Bonchev–Trinajstić information content (AvgIpc) is 2.79. The fourth-order valence-electron chi connectivity index (χ4n) is 3.35. The lowest BCUT2D eigenvalue weighted by molar-refractivity contribution is 0.433. The van der Waals surface area contributed by atoms with Crippen molar-refractivity contribution >= 4 is 24.8 Å². The van der Waals surface area contributed by atoms with Gasteiger partial charge in [-0.05, 0) is 22.6 Å². The van der Waals surface area contributed by atoms with Crippen LogP contribution in [0.3, 0.4) is 0 Å². The van der Waals surface area contributed by atoms with Crippen LogP contribution < -0.4 is 5.19 Å². The molecule has 1 fully saturated rings. The van der Waals surface area contributed by atoms with Crippen molar-refractivity contribution in [3.63, 3.8) is 0 Å². The van der Waals surface area contributed by atoms with Gasteiger partial charge in [-0.1, -0.05) is 80.0 Å². The van der Waals surface area contributed by atoms with Crippen molar-refractivity contribution < 1.29 is 0 Å². The van der Waals surface area contributed by atoms with E-state index >= 15 is 0 Å². The molecule has 0 aromatic heterocycles. The Bertz CT molecular complexity index is 546. The second kappa shape index (κ2) is 4.89. The summed E-state index contributed by atoms with van der Waals surface area (Å²) in [6.07, 6.45) is 1.36. The smallest absolute Gasteiger partial charge is 0.0651 e. The molecule has 0 amide bonds. The molecule has 0 saturated carbocycles. The predicted octanol–water partition coefficient (Wildman–Crippen LogP) is 4.22. The van der Waals surface area contributed by atoms with Gasteiger partial charge in [0, 0.05) is 0 Å².